The number of benzene rings is 1. The summed E-state index contributed by atoms with van der Waals surface area (Å²) < 4.78 is 37.4. The van der Waals surface area contributed by atoms with Gasteiger partial charge in [0.15, 0.2) is 5.03 Å². The first kappa shape index (κ1) is 13.5. The molecule has 8 heteroatoms. The van der Waals surface area contributed by atoms with Crippen molar-refractivity contribution < 1.29 is 12.8 Å². The van der Waals surface area contributed by atoms with Crippen molar-refractivity contribution in [3.8, 4) is 0 Å². The highest BCUT2D eigenvalue weighted by Gasteiger charge is 2.13. The van der Waals surface area contributed by atoms with Crippen LogP contribution in [0, 0.1) is 5.82 Å². The summed E-state index contributed by atoms with van der Waals surface area (Å²) in [4.78, 5) is 3.67. The molecule has 1 aromatic heterocycles. The molecule has 0 N–H and O–H groups in total. The normalized spacial score (nSPS) is 11.7. The van der Waals surface area contributed by atoms with Crippen molar-refractivity contribution in [1.82, 2.24) is 9.55 Å². The van der Waals surface area contributed by atoms with Gasteiger partial charge in [-0.2, -0.15) is 0 Å². The van der Waals surface area contributed by atoms with Gasteiger partial charge < -0.3 is 4.57 Å². The maximum absolute atomic E-state index is 13.1. The first-order chi connectivity index (χ1) is 8.36. The molecule has 96 valence electrons. The molecule has 18 heavy (non-hydrogen) atoms. The zero-order valence-electron chi connectivity index (χ0n) is 8.85. The van der Waals surface area contributed by atoms with E-state index in [9.17, 15) is 12.8 Å². The van der Waals surface area contributed by atoms with Crippen LogP contribution in [-0.4, -0.2) is 18.0 Å². The Morgan fingerprint density at radius 2 is 2.17 bits per heavy atom. The van der Waals surface area contributed by atoms with Gasteiger partial charge in [-0.3, -0.25) is 0 Å². The molecule has 0 fully saturated rings. The lowest BCUT2D eigenvalue weighted by Crippen LogP contribution is -1.98. The molecule has 0 spiro atoms. The Morgan fingerprint density at radius 3 is 2.78 bits per heavy atom. The smallest absolute Gasteiger partial charge is 0.280 e. The molecule has 0 bridgehead atoms. The summed E-state index contributed by atoms with van der Waals surface area (Å²) in [6.07, 6.45) is 2.62. The van der Waals surface area contributed by atoms with E-state index in [0.29, 0.717) is 5.56 Å². The molecule has 0 amide bonds. The maximum atomic E-state index is 13.1. The van der Waals surface area contributed by atoms with Crippen molar-refractivity contribution in [3.63, 3.8) is 0 Å². The molecule has 0 aliphatic heterocycles. The molecule has 4 nitrogen and oxygen atoms in total. The Morgan fingerprint density at radius 1 is 1.44 bits per heavy atom. The minimum Gasteiger partial charge on any atom is -0.332 e. The van der Waals surface area contributed by atoms with Gasteiger partial charge in [0, 0.05) is 27.9 Å². The van der Waals surface area contributed by atoms with E-state index in [1.165, 1.54) is 29.2 Å². The van der Waals surface area contributed by atoms with E-state index in [2.05, 4.69) is 20.9 Å². The summed E-state index contributed by atoms with van der Waals surface area (Å²) in [6.45, 7) is 0.289. The molecule has 0 atom stereocenters. The van der Waals surface area contributed by atoms with Gasteiger partial charge in [0.25, 0.3) is 9.05 Å². The van der Waals surface area contributed by atoms with Gasteiger partial charge in [0.1, 0.15) is 5.82 Å². The van der Waals surface area contributed by atoms with Crippen molar-refractivity contribution in [1.29, 1.82) is 0 Å². The highest BCUT2D eigenvalue weighted by Crippen LogP contribution is 2.20. The van der Waals surface area contributed by atoms with Gasteiger partial charge >= 0.3 is 0 Å². The predicted octanol–water partition coefficient (Wildman–Crippen LogP) is 2.76. The molecular formula is C10H7BrClFN2O2S. The predicted molar refractivity (Wildman–Crippen MR) is 68.5 cm³/mol. The zero-order valence-corrected chi connectivity index (χ0v) is 12.0. The third kappa shape index (κ3) is 3.09. The lowest BCUT2D eigenvalue weighted by atomic mass is 10.2. The summed E-state index contributed by atoms with van der Waals surface area (Å²) in [5.41, 5.74) is 0.672. The second kappa shape index (κ2) is 4.99. The summed E-state index contributed by atoms with van der Waals surface area (Å²) in [5, 5.41) is -0.225. The van der Waals surface area contributed by atoms with Gasteiger partial charge in [-0.15, -0.1) is 0 Å². The van der Waals surface area contributed by atoms with Gasteiger partial charge in [-0.25, -0.2) is 17.8 Å². The van der Waals surface area contributed by atoms with Crippen LogP contribution in [0.5, 0.6) is 0 Å². The molecule has 1 heterocycles. The fraction of sp³-hybridized carbons (Fsp3) is 0.100. The molecule has 1 aromatic carbocycles. The Hall–Kier alpha value is -0.920. The van der Waals surface area contributed by atoms with Crippen molar-refractivity contribution in [2.24, 2.45) is 0 Å². The Labute approximate surface area is 116 Å². The number of hydrogen-bond acceptors (Lipinski definition) is 3. The minimum atomic E-state index is -3.84. The van der Waals surface area contributed by atoms with Crippen molar-refractivity contribution in [3.05, 3.63) is 46.6 Å². The average Bonchev–Trinajstić information content (AvgIpc) is 2.71. The van der Waals surface area contributed by atoms with E-state index in [1.807, 2.05) is 0 Å². The van der Waals surface area contributed by atoms with E-state index < -0.39 is 9.05 Å². The largest absolute Gasteiger partial charge is 0.332 e. The van der Waals surface area contributed by atoms with Crippen LogP contribution in [0.15, 0.2) is 40.2 Å². The molecule has 0 saturated heterocycles. The summed E-state index contributed by atoms with van der Waals surface area (Å²) in [5.74, 6) is -0.362. The maximum Gasteiger partial charge on any atom is 0.280 e. The van der Waals surface area contributed by atoms with Crippen LogP contribution in [0.1, 0.15) is 5.56 Å². The fourth-order valence-electron chi connectivity index (χ4n) is 1.41. The third-order valence-electron chi connectivity index (χ3n) is 2.22. The van der Waals surface area contributed by atoms with Crippen molar-refractivity contribution >= 4 is 35.7 Å². The van der Waals surface area contributed by atoms with E-state index in [-0.39, 0.29) is 17.4 Å². The summed E-state index contributed by atoms with van der Waals surface area (Å²) in [7, 11) is 1.32. The average molecular weight is 354 g/mol. The third-order valence-corrected chi connectivity index (χ3v) is 4.18. The molecule has 0 saturated carbocycles. The van der Waals surface area contributed by atoms with Crippen molar-refractivity contribution in [2.45, 2.75) is 11.6 Å². The standard InChI is InChI=1S/C10H7BrClFN2O2S/c11-9-2-1-8(13)3-7(9)4-15-5-10(14-6-15)18(12,16)17/h1-3,5-6H,4H2. The second-order valence-electron chi connectivity index (χ2n) is 3.56. The lowest BCUT2D eigenvalue weighted by molar-refractivity contribution is 0.606. The van der Waals surface area contributed by atoms with E-state index >= 15 is 0 Å². The number of imidazole rings is 1. The van der Waals surface area contributed by atoms with Gasteiger partial charge in [-0.1, -0.05) is 15.9 Å². The van der Waals surface area contributed by atoms with Crippen LogP contribution in [0.3, 0.4) is 0 Å². The first-order valence-electron chi connectivity index (χ1n) is 4.76. The number of halogens is 3. The van der Waals surface area contributed by atoms with Crippen LogP contribution >= 0.6 is 26.6 Å². The van der Waals surface area contributed by atoms with E-state index in [0.717, 1.165) is 4.47 Å². The quantitative estimate of drug-likeness (QED) is 0.797. The van der Waals surface area contributed by atoms with Crippen LogP contribution in [0.25, 0.3) is 0 Å². The first-order valence-corrected chi connectivity index (χ1v) is 7.87. The number of rotatable bonds is 3. The van der Waals surface area contributed by atoms with Gasteiger partial charge in [0.05, 0.1) is 6.33 Å². The fourth-order valence-corrected chi connectivity index (χ4v) is 2.46. The van der Waals surface area contributed by atoms with Gasteiger partial charge in [0.2, 0.25) is 0 Å². The van der Waals surface area contributed by atoms with Crippen LogP contribution in [-0.2, 0) is 15.6 Å². The highest BCUT2D eigenvalue weighted by atomic mass is 79.9. The number of aromatic nitrogens is 2. The van der Waals surface area contributed by atoms with Crippen LogP contribution < -0.4 is 0 Å². The number of hydrogen-bond donors (Lipinski definition) is 0. The summed E-state index contributed by atoms with van der Waals surface area (Å²) in [6, 6.07) is 4.27. The topological polar surface area (TPSA) is 52.0 Å². The lowest BCUT2D eigenvalue weighted by Gasteiger charge is -2.05. The Balaban J connectivity index is 2.29. The minimum absolute atomic E-state index is 0.225. The molecule has 0 aliphatic carbocycles. The molecule has 0 unspecified atom stereocenters. The molecule has 0 aliphatic rings. The SMILES string of the molecule is O=S(=O)(Cl)c1cn(Cc2cc(F)ccc2Br)cn1. The van der Waals surface area contributed by atoms with Crippen molar-refractivity contribution in [2.75, 3.05) is 0 Å². The zero-order chi connectivity index (χ0) is 13.3. The molecule has 0 radical (unpaired) electrons. The van der Waals surface area contributed by atoms with Crippen LogP contribution in [0.2, 0.25) is 0 Å². The second-order valence-corrected chi connectivity index (χ2v) is 6.92. The van der Waals surface area contributed by atoms with Gasteiger partial charge in [-0.05, 0) is 23.8 Å². The highest BCUT2D eigenvalue weighted by molar-refractivity contribution is 9.10. The number of nitrogens with zero attached hydrogens (tertiary/aromatic N) is 2. The van der Waals surface area contributed by atoms with Crippen LogP contribution in [0.4, 0.5) is 4.39 Å². The van der Waals surface area contributed by atoms with E-state index in [1.54, 1.807) is 6.07 Å². The summed E-state index contributed by atoms with van der Waals surface area (Å²) >= 11 is 3.29. The Kier molecular flexibility index (Phi) is 3.74. The van der Waals surface area contributed by atoms with E-state index in [4.69, 9.17) is 10.7 Å². The molecular weight excluding hydrogens is 347 g/mol. The molecule has 2 aromatic rings. The molecule has 2 rings (SSSR count). The Bertz CT molecular complexity index is 687. The monoisotopic (exact) mass is 352 g/mol.